The van der Waals surface area contributed by atoms with Crippen LogP contribution in [0.3, 0.4) is 0 Å². The van der Waals surface area contributed by atoms with Gasteiger partial charge in [0.1, 0.15) is 0 Å². The maximum Gasteiger partial charge on any atom is 0.261 e. The molecule has 1 heterocycles. The molecule has 7 nitrogen and oxygen atoms in total. The molecule has 0 atom stereocenters. The Balaban J connectivity index is 1.56. The number of nitrogens with zero attached hydrogens (tertiary/aromatic N) is 2. The summed E-state index contributed by atoms with van der Waals surface area (Å²) in [6.07, 6.45) is 0.683. The molecule has 0 fully saturated rings. The zero-order valence-corrected chi connectivity index (χ0v) is 18.2. The second-order valence-electron chi connectivity index (χ2n) is 7.24. The molecule has 0 bridgehead atoms. The smallest absolute Gasteiger partial charge is 0.261 e. The van der Waals surface area contributed by atoms with Crippen molar-refractivity contribution in [3.05, 3.63) is 59.2 Å². The predicted molar refractivity (Wildman–Crippen MR) is 116 cm³/mol. The molecule has 3 rings (SSSR count). The number of benzene rings is 2. The van der Waals surface area contributed by atoms with Crippen molar-refractivity contribution in [2.75, 3.05) is 26.8 Å². The summed E-state index contributed by atoms with van der Waals surface area (Å²) in [7, 11) is 1.59. The lowest BCUT2D eigenvalue weighted by Gasteiger charge is -2.22. The summed E-state index contributed by atoms with van der Waals surface area (Å²) in [6.45, 7) is 5.61. The summed E-state index contributed by atoms with van der Waals surface area (Å²) >= 11 is 0. The van der Waals surface area contributed by atoms with Gasteiger partial charge < -0.3 is 14.4 Å². The van der Waals surface area contributed by atoms with Crippen LogP contribution in [0.4, 0.5) is 0 Å². The number of fused-ring (bicyclic) bond motifs is 1. The third-order valence-corrected chi connectivity index (χ3v) is 5.29. The van der Waals surface area contributed by atoms with Crippen molar-refractivity contribution in [3.63, 3.8) is 0 Å². The van der Waals surface area contributed by atoms with E-state index in [1.54, 1.807) is 36.3 Å². The van der Waals surface area contributed by atoms with E-state index in [4.69, 9.17) is 9.47 Å². The molecule has 2 aromatic carbocycles. The van der Waals surface area contributed by atoms with Crippen LogP contribution in [0.15, 0.2) is 42.5 Å². The van der Waals surface area contributed by atoms with Gasteiger partial charge in [-0.1, -0.05) is 18.2 Å². The molecule has 7 heteroatoms. The highest BCUT2D eigenvalue weighted by Gasteiger charge is 2.34. The van der Waals surface area contributed by atoms with E-state index in [0.29, 0.717) is 48.7 Å². The number of hydrogen-bond donors (Lipinski definition) is 0. The Morgan fingerprint density at radius 3 is 2.26 bits per heavy atom. The van der Waals surface area contributed by atoms with E-state index in [9.17, 15) is 14.4 Å². The molecule has 0 saturated heterocycles. The van der Waals surface area contributed by atoms with Crippen molar-refractivity contribution in [3.8, 4) is 11.5 Å². The Morgan fingerprint density at radius 2 is 1.68 bits per heavy atom. The van der Waals surface area contributed by atoms with Gasteiger partial charge in [0.15, 0.2) is 11.5 Å². The lowest BCUT2D eigenvalue weighted by Crippen LogP contribution is -2.33. The molecule has 0 N–H and O–H groups in total. The number of amides is 3. The Kier molecular flexibility index (Phi) is 7.28. The van der Waals surface area contributed by atoms with Crippen LogP contribution in [0.2, 0.25) is 0 Å². The van der Waals surface area contributed by atoms with Crippen molar-refractivity contribution in [1.82, 2.24) is 9.80 Å². The number of hydrogen-bond acceptors (Lipinski definition) is 5. The third-order valence-electron chi connectivity index (χ3n) is 5.29. The van der Waals surface area contributed by atoms with Gasteiger partial charge >= 0.3 is 0 Å². The fourth-order valence-electron chi connectivity index (χ4n) is 3.67. The fourth-order valence-corrected chi connectivity index (χ4v) is 3.67. The van der Waals surface area contributed by atoms with Crippen molar-refractivity contribution in [2.24, 2.45) is 0 Å². The fraction of sp³-hybridized carbons (Fsp3) is 0.375. The van der Waals surface area contributed by atoms with Crippen LogP contribution in [-0.2, 0) is 11.3 Å². The lowest BCUT2D eigenvalue weighted by atomic mass is 10.1. The number of rotatable bonds is 10. The van der Waals surface area contributed by atoms with Gasteiger partial charge in [-0.3, -0.25) is 19.3 Å². The number of carbonyl (C=O) groups is 3. The average Bonchev–Trinajstić information content (AvgIpc) is 3.03. The van der Waals surface area contributed by atoms with Crippen LogP contribution < -0.4 is 9.47 Å². The molecule has 31 heavy (non-hydrogen) atoms. The maximum atomic E-state index is 12.7. The van der Waals surface area contributed by atoms with Gasteiger partial charge in [0.05, 0.1) is 24.8 Å². The van der Waals surface area contributed by atoms with E-state index >= 15 is 0 Å². The van der Waals surface area contributed by atoms with Gasteiger partial charge in [0.2, 0.25) is 5.91 Å². The molecule has 0 radical (unpaired) electrons. The first-order valence-electron chi connectivity index (χ1n) is 10.5. The highest BCUT2D eigenvalue weighted by atomic mass is 16.5. The van der Waals surface area contributed by atoms with Crippen LogP contribution in [0.5, 0.6) is 11.5 Å². The van der Waals surface area contributed by atoms with Gasteiger partial charge in [-0.15, -0.1) is 0 Å². The third kappa shape index (κ3) is 4.87. The zero-order valence-electron chi connectivity index (χ0n) is 18.2. The summed E-state index contributed by atoms with van der Waals surface area (Å²) in [5, 5.41) is 0. The molecular weight excluding hydrogens is 396 g/mol. The van der Waals surface area contributed by atoms with E-state index in [2.05, 4.69) is 0 Å². The van der Waals surface area contributed by atoms with E-state index < -0.39 is 0 Å². The normalized spacial score (nSPS) is 12.7. The van der Waals surface area contributed by atoms with Crippen LogP contribution in [0.25, 0.3) is 0 Å². The predicted octanol–water partition coefficient (Wildman–Crippen LogP) is 3.52. The summed E-state index contributed by atoms with van der Waals surface area (Å²) in [5.41, 5.74) is 1.80. The van der Waals surface area contributed by atoms with Gasteiger partial charge in [-0.25, -0.2) is 0 Å². The quantitative estimate of drug-likeness (QED) is 0.546. The molecule has 3 amide bonds. The van der Waals surface area contributed by atoms with E-state index in [-0.39, 0.29) is 30.7 Å². The highest BCUT2D eigenvalue weighted by Crippen LogP contribution is 2.28. The molecular formula is C24H28N2O5. The largest absolute Gasteiger partial charge is 0.493 e. The van der Waals surface area contributed by atoms with Crippen molar-refractivity contribution >= 4 is 17.7 Å². The molecule has 0 spiro atoms. The average molecular weight is 424 g/mol. The Morgan fingerprint density at radius 1 is 1.00 bits per heavy atom. The van der Waals surface area contributed by atoms with Crippen LogP contribution in [-0.4, -0.2) is 54.3 Å². The van der Waals surface area contributed by atoms with E-state index in [1.807, 2.05) is 32.0 Å². The summed E-state index contributed by atoms with van der Waals surface area (Å²) in [4.78, 5) is 40.6. The SMILES string of the molecule is CCOc1ccc(CN(CC)C(=O)CCCN2C(=O)c3ccccc3C2=O)cc1OC. The molecule has 0 saturated carbocycles. The first-order chi connectivity index (χ1) is 15.0. The summed E-state index contributed by atoms with van der Waals surface area (Å²) in [6, 6.07) is 12.4. The zero-order chi connectivity index (χ0) is 22.4. The van der Waals surface area contributed by atoms with Gasteiger partial charge in [0, 0.05) is 26.1 Å². The second-order valence-corrected chi connectivity index (χ2v) is 7.24. The number of methoxy groups -OCH3 is 1. The summed E-state index contributed by atoms with van der Waals surface area (Å²) in [5.74, 6) is 0.702. The number of ether oxygens (including phenoxy) is 2. The van der Waals surface area contributed by atoms with E-state index in [1.165, 1.54) is 4.90 Å². The summed E-state index contributed by atoms with van der Waals surface area (Å²) < 4.78 is 10.9. The van der Waals surface area contributed by atoms with E-state index in [0.717, 1.165) is 5.56 Å². The molecule has 0 aromatic heterocycles. The second kappa shape index (κ2) is 10.1. The minimum atomic E-state index is -0.290. The van der Waals surface area contributed by atoms with Crippen LogP contribution in [0.1, 0.15) is 53.0 Å². The molecule has 2 aromatic rings. The van der Waals surface area contributed by atoms with Crippen LogP contribution >= 0.6 is 0 Å². The lowest BCUT2D eigenvalue weighted by molar-refractivity contribution is -0.131. The number of carbonyl (C=O) groups excluding carboxylic acids is 3. The van der Waals surface area contributed by atoms with Gasteiger partial charge in [-0.2, -0.15) is 0 Å². The molecule has 1 aliphatic rings. The Hall–Kier alpha value is -3.35. The monoisotopic (exact) mass is 424 g/mol. The first kappa shape index (κ1) is 22.3. The topological polar surface area (TPSA) is 76.2 Å². The highest BCUT2D eigenvalue weighted by molar-refractivity contribution is 6.21. The van der Waals surface area contributed by atoms with Gasteiger partial charge in [-0.05, 0) is 50.1 Å². The minimum absolute atomic E-state index is 0.0213. The standard InChI is InChI=1S/C24H28N2O5/c1-4-25(16-17-12-13-20(31-5-2)21(15-17)30-3)22(27)11-8-14-26-23(28)18-9-6-7-10-19(18)24(26)29/h6-7,9-10,12-13,15H,4-5,8,11,14,16H2,1-3H3. The Bertz CT molecular complexity index is 937. The number of imide groups is 1. The first-order valence-corrected chi connectivity index (χ1v) is 10.5. The molecule has 1 aliphatic heterocycles. The van der Waals surface area contributed by atoms with Crippen molar-refractivity contribution in [2.45, 2.75) is 33.2 Å². The molecule has 0 unspecified atom stereocenters. The Labute approximate surface area is 182 Å². The molecule has 164 valence electrons. The minimum Gasteiger partial charge on any atom is -0.493 e. The van der Waals surface area contributed by atoms with Crippen LogP contribution in [0, 0.1) is 0 Å². The van der Waals surface area contributed by atoms with Crippen molar-refractivity contribution in [1.29, 1.82) is 0 Å². The maximum absolute atomic E-state index is 12.7. The van der Waals surface area contributed by atoms with Crippen molar-refractivity contribution < 1.29 is 23.9 Å². The molecule has 0 aliphatic carbocycles. The van der Waals surface area contributed by atoms with Gasteiger partial charge in [0.25, 0.3) is 11.8 Å².